The first-order chi connectivity index (χ1) is 7.60. The van der Waals surface area contributed by atoms with Gasteiger partial charge in [0.2, 0.25) is 0 Å². The maximum atomic E-state index is 10.8. The van der Waals surface area contributed by atoms with Crippen LogP contribution in [0.15, 0.2) is 24.3 Å². The Balaban J connectivity index is 2.25. The molecule has 3 heteroatoms. The zero-order valence-electron chi connectivity index (χ0n) is 9.56. The summed E-state index contributed by atoms with van der Waals surface area (Å²) in [5, 5.41) is 9.45. The normalized spacial score (nSPS) is 19.1. The average Bonchev–Trinajstić information content (AvgIpc) is 3.09. The van der Waals surface area contributed by atoms with Gasteiger partial charge >= 0.3 is 5.97 Å². The van der Waals surface area contributed by atoms with Crippen LogP contribution in [0.5, 0.6) is 0 Å². The molecule has 0 amide bonds. The van der Waals surface area contributed by atoms with Crippen LogP contribution in [0.2, 0.25) is 0 Å². The van der Waals surface area contributed by atoms with Crippen molar-refractivity contribution < 1.29 is 9.90 Å². The molecule has 1 aliphatic rings. The summed E-state index contributed by atoms with van der Waals surface area (Å²) in [7, 11) is 0. The summed E-state index contributed by atoms with van der Waals surface area (Å²) in [6.45, 7) is 2.25. The van der Waals surface area contributed by atoms with Crippen molar-refractivity contribution in [1.82, 2.24) is 0 Å². The molecule has 16 heavy (non-hydrogen) atoms. The van der Waals surface area contributed by atoms with Gasteiger partial charge in [0.1, 0.15) is 0 Å². The van der Waals surface area contributed by atoms with E-state index in [9.17, 15) is 4.79 Å². The first kappa shape index (κ1) is 11.5. The Morgan fingerprint density at radius 1 is 1.38 bits per heavy atom. The quantitative estimate of drug-likeness (QED) is 0.872. The largest absolute Gasteiger partial charge is 0.478 e. The fourth-order valence-electron chi connectivity index (χ4n) is 2.23. The van der Waals surface area contributed by atoms with Gasteiger partial charge in [-0.1, -0.05) is 19.1 Å². The Labute approximate surface area is 100 Å². The number of carbonyl (C=O) groups is 1. The highest BCUT2D eigenvalue weighted by molar-refractivity contribution is 7.99. The molecule has 0 aliphatic heterocycles. The highest BCUT2D eigenvalue weighted by atomic mass is 32.2. The zero-order chi connectivity index (χ0) is 11.8. The average molecular weight is 236 g/mol. The molecule has 1 atom stereocenters. The minimum Gasteiger partial charge on any atom is -0.478 e. The molecular weight excluding hydrogens is 220 g/mol. The highest BCUT2D eigenvalue weighted by Crippen LogP contribution is 2.54. The van der Waals surface area contributed by atoms with Gasteiger partial charge in [-0.3, -0.25) is 0 Å². The van der Waals surface area contributed by atoms with Gasteiger partial charge < -0.3 is 5.11 Å². The number of rotatable bonds is 4. The van der Waals surface area contributed by atoms with Crippen molar-refractivity contribution in [2.75, 3.05) is 6.26 Å². The van der Waals surface area contributed by atoms with E-state index >= 15 is 0 Å². The standard InChI is InChI=1S/C13H16O2S/c1-9(16-2)13(7-8-13)11-5-3-10(4-6-11)12(14)15/h3-6,9H,7-8H2,1-2H3,(H,14,15). The fraction of sp³-hybridized carbons (Fsp3) is 0.462. The lowest BCUT2D eigenvalue weighted by molar-refractivity contribution is 0.0697. The fourth-order valence-corrected chi connectivity index (χ4v) is 3.06. The van der Waals surface area contributed by atoms with E-state index in [0.717, 1.165) is 0 Å². The third-order valence-electron chi connectivity index (χ3n) is 3.63. The summed E-state index contributed by atoms with van der Waals surface area (Å²) in [6.07, 6.45) is 4.58. The molecular formula is C13H16O2S. The number of hydrogen-bond donors (Lipinski definition) is 1. The first-order valence-corrected chi connectivity index (χ1v) is 6.75. The molecule has 1 saturated carbocycles. The summed E-state index contributed by atoms with van der Waals surface area (Å²) < 4.78 is 0. The Bertz CT molecular complexity index is 393. The number of hydrogen-bond acceptors (Lipinski definition) is 2. The van der Waals surface area contributed by atoms with E-state index in [-0.39, 0.29) is 0 Å². The molecule has 1 aromatic rings. The summed E-state index contributed by atoms with van der Waals surface area (Å²) in [6, 6.07) is 7.38. The van der Waals surface area contributed by atoms with Crippen molar-refractivity contribution >= 4 is 17.7 Å². The molecule has 0 radical (unpaired) electrons. The summed E-state index contributed by atoms with van der Waals surface area (Å²) in [5.41, 5.74) is 1.96. The molecule has 1 fully saturated rings. The molecule has 0 aromatic heterocycles. The van der Waals surface area contributed by atoms with E-state index < -0.39 is 5.97 Å². The summed E-state index contributed by atoms with van der Waals surface area (Å²) >= 11 is 1.88. The van der Waals surface area contributed by atoms with Gasteiger partial charge in [-0.2, -0.15) is 11.8 Å². The van der Waals surface area contributed by atoms with Crippen LogP contribution in [0.25, 0.3) is 0 Å². The van der Waals surface area contributed by atoms with Crippen LogP contribution < -0.4 is 0 Å². The molecule has 1 aliphatic carbocycles. The van der Waals surface area contributed by atoms with Gasteiger partial charge in [-0.15, -0.1) is 0 Å². The van der Waals surface area contributed by atoms with E-state index in [1.165, 1.54) is 18.4 Å². The number of aromatic carboxylic acids is 1. The first-order valence-electron chi connectivity index (χ1n) is 5.47. The van der Waals surface area contributed by atoms with Crippen LogP contribution in [0.1, 0.15) is 35.7 Å². The van der Waals surface area contributed by atoms with E-state index in [1.807, 2.05) is 23.9 Å². The molecule has 0 bridgehead atoms. The summed E-state index contributed by atoms with van der Waals surface area (Å²) in [4.78, 5) is 10.8. The van der Waals surface area contributed by atoms with Crippen LogP contribution >= 0.6 is 11.8 Å². The smallest absolute Gasteiger partial charge is 0.335 e. The minimum absolute atomic E-state index is 0.302. The molecule has 2 rings (SSSR count). The molecule has 0 spiro atoms. The number of carboxylic acid groups (broad SMARTS) is 1. The van der Waals surface area contributed by atoms with Crippen LogP contribution in [0.3, 0.4) is 0 Å². The van der Waals surface area contributed by atoms with Crippen LogP contribution in [0, 0.1) is 0 Å². The molecule has 0 saturated heterocycles. The van der Waals surface area contributed by atoms with Crippen molar-refractivity contribution in [3.05, 3.63) is 35.4 Å². The van der Waals surface area contributed by atoms with Crippen molar-refractivity contribution in [3.8, 4) is 0 Å². The van der Waals surface area contributed by atoms with Crippen LogP contribution in [-0.2, 0) is 5.41 Å². The lowest BCUT2D eigenvalue weighted by Gasteiger charge is -2.22. The molecule has 1 N–H and O–H groups in total. The van der Waals surface area contributed by atoms with Gasteiger partial charge in [-0.05, 0) is 36.8 Å². The van der Waals surface area contributed by atoms with Gasteiger partial charge in [0, 0.05) is 10.7 Å². The second-order valence-electron chi connectivity index (χ2n) is 4.42. The molecule has 1 aromatic carbocycles. The Hall–Kier alpha value is -0.960. The van der Waals surface area contributed by atoms with E-state index in [1.54, 1.807) is 12.1 Å². The second kappa shape index (κ2) is 4.13. The lowest BCUT2D eigenvalue weighted by atomic mass is 9.92. The second-order valence-corrected chi connectivity index (χ2v) is 5.60. The van der Waals surface area contributed by atoms with E-state index in [2.05, 4.69) is 13.2 Å². The van der Waals surface area contributed by atoms with Gasteiger partial charge in [0.05, 0.1) is 5.56 Å². The number of thioether (sulfide) groups is 1. The number of benzene rings is 1. The monoisotopic (exact) mass is 236 g/mol. The maximum Gasteiger partial charge on any atom is 0.335 e. The molecule has 2 nitrogen and oxygen atoms in total. The molecule has 1 unspecified atom stereocenters. The van der Waals surface area contributed by atoms with Crippen LogP contribution in [-0.4, -0.2) is 22.6 Å². The SMILES string of the molecule is CSC(C)C1(c2ccc(C(=O)O)cc2)CC1. The number of carboxylic acids is 1. The van der Waals surface area contributed by atoms with Crippen molar-refractivity contribution in [2.45, 2.75) is 30.4 Å². The Kier molecular flexibility index (Phi) is 2.98. The predicted octanol–water partition coefficient (Wildman–Crippen LogP) is 3.17. The van der Waals surface area contributed by atoms with E-state index in [4.69, 9.17) is 5.11 Å². The lowest BCUT2D eigenvalue weighted by Crippen LogP contribution is -2.19. The summed E-state index contributed by atoms with van der Waals surface area (Å²) in [5.74, 6) is -0.852. The van der Waals surface area contributed by atoms with Crippen molar-refractivity contribution in [1.29, 1.82) is 0 Å². The molecule has 0 heterocycles. The topological polar surface area (TPSA) is 37.3 Å². The van der Waals surface area contributed by atoms with E-state index in [0.29, 0.717) is 16.2 Å². The van der Waals surface area contributed by atoms with Gasteiger partial charge in [-0.25, -0.2) is 4.79 Å². The minimum atomic E-state index is -0.852. The Morgan fingerprint density at radius 2 is 1.94 bits per heavy atom. The maximum absolute atomic E-state index is 10.8. The van der Waals surface area contributed by atoms with Gasteiger partial charge in [0.15, 0.2) is 0 Å². The van der Waals surface area contributed by atoms with Crippen LogP contribution in [0.4, 0.5) is 0 Å². The van der Waals surface area contributed by atoms with Gasteiger partial charge in [0.25, 0.3) is 0 Å². The third-order valence-corrected chi connectivity index (χ3v) is 4.79. The third kappa shape index (κ3) is 1.84. The van der Waals surface area contributed by atoms with Crippen molar-refractivity contribution in [2.24, 2.45) is 0 Å². The Morgan fingerprint density at radius 3 is 2.31 bits per heavy atom. The van der Waals surface area contributed by atoms with Crippen molar-refractivity contribution in [3.63, 3.8) is 0 Å². The zero-order valence-corrected chi connectivity index (χ0v) is 10.4. The molecule has 86 valence electrons. The highest BCUT2D eigenvalue weighted by Gasteiger charge is 2.48. The predicted molar refractivity (Wildman–Crippen MR) is 67.3 cm³/mol.